The Bertz CT molecular complexity index is 311. The molecular weight excluding hydrogens is 270 g/mol. The summed E-state index contributed by atoms with van der Waals surface area (Å²) in [6.07, 6.45) is 7.64. The molecule has 0 saturated heterocycles. The number of amides is 1. The molecule has 118 valence electrons. The maximum atomic E-state index is 12.1. The lowest BCUT2D eigenvalue weighted by Crippen LogP contribution is -2.56. The second-order valence-electron chi connectivity index (χ2n) is 6.43. The molecule has 3 N–H and O–H groups in total. The number of thioether (sulfide) groups is 1. The van der Waals surface area contributed by atoms with Crippen LogP contribution in [0.4, 0.5) is 0 Å². The highest BCUT2D eigenvalue weighted by molar-refractivity contribution is 7.98. The minimum Gasteiger partial charge on any atom is -0.353 e. The van der Waals surface area contributed by atoms with E-state index < -0.39 is 0 Å². The molecule has 4 nitrogen and oxygen atoms in total. The van der Waals surface area contributed by atoms with Crippen molar-refractivity contribution in [3.05, 3.63) is 0 Å². The normalized spacial score (nSPS) is 28.4. The maximum Gasteiger partial charge on any atom is 0.237 e. The fourth-order valence-corrected chi connectivity index (χ4v) is 3.61. The van der Waals surface area contributed by atoms with Crippen LogP contribution in [0.3, 0.4) is 0 Å². The first-order valence-corrected chi connectivity index (χ1v) is 9.00. The van der Waals surface area contributed by atoms with Gasteiger partial charge in [-0.15, -0.1) is 0 Å². The molecule has 0 aromatic rings. The zero-order chi connectivity index (χ0) is 15.2. The topological polar surface area (TPSA) is 58.4 Å². The Morgan fingerprint density at radius 3 is 2.80 bits per heavy atom. The molecule has 1 saturated carbocycles. The van der Waals surface area contributed by atoms with Crippen molar-refractivity contribution in [1.82, 2.24) is 10.2 Å². The highest BCUT2D eigenvalue weighted by atomic mass is 32.2. The van der Waals surface area contributed by atoms with Gasteiger partial charge >= 0.3 is 0 Å². The number of nitrogens with two attached hydrogens (primary N) is 1. The molecule has 1 rings (SSSR count). The van der Waals surface area contributed by atoms with Crippen LogP contribution < -0.4 is 11.1 Å². The first-order valence-electron chi connectivity index (χ1n) is 7.61. The van der Waals surface area contributed by atoms with E-state index in [0.717, 1.165) is 37.5 Å². The van der Waals surface area contributed by atoms with Gasteiger partial charge < -0.3 is 16.0 Å². The van der Waals surface area contributed by atoms with Gasteiger partial charge in [0.15, 0.2) is 0 Å². The molecule has 3 atom stereocenters. The summed E-state index contributed by atoms with van der Waals surface area (Å²) < 4.78 is 0. The summed E-state index contributed by atoms with van der Waals surface area (Å²) in [7, 11) is 4.25. The fraction of sp³-hybridized carbons (Fsp3) is 0.933. The molecule has 1 aliphatic carbocycles. The van der Waals surface area contributed by atoms with Gasteiger partial charge in [0.2, 0.25) is 5.91 Å². The third-order valence-electron chi connectivity index (χ3n) is 4.58. The van der Waals surface area contributed by atoms with E-state index in [-0.39, 0.29) is 17.5 Å². The number of hydrogen-bond donors (Lipinski definition) is 2. The molecule has 0 aromatic carbocycles. The van der Waals surface area contributed by atoms with E-state index in [2.05, 4.69) is 31.2 Å². The van der Waals surface area contributed by atoms with E-state index in [1.807, 2.05) is 6.26 Å². The van der Waals surface area contributed by atoms with Gasteiger partial charge in [-0.1, -0.05) is 19.8 Å². The Labute approximate surface area is 128 Å². The number of nitrogens with zero attached hydrogens (tertiary/aromatic N) is 1. The standard InChI is InChI=1S/C15H31N3OS/c1-12-6-5-8-15(10-12,18(2)3)11-17-14(19)13(16)7-9-20-4/h12-13H,5-11,16H2,1-4H3,(H,17,19)/t12?,13-,15?/m1/s1. The molecule has 1 aliphatic rings. The third-order valence-corrected chi connectivity index (χ3v) is 5.22. The SMILES string of the molecule is CSCC[C@@H](N)C(=O)NCC1(N(C)C)CCCC(C)C1. The summed E-state index contributed by atoms with van der Waals surface area (Å²) >= 11 is 1.73. The van der Waals surface area contributed by atoms with E-state index >= 15 is 0 Å². The Morgan fingerprint density at radius 1 is 1.55 bits per heavy atom. The lowest BCUT2D eigenvalue weighted by molar-refractivity contribution is -0.123. The first kappa shape index (κ1) is 17.8. The summed E-state index contributed by atoms with van der Waals surface area (Å²) in [6.45, 7) is 3.03. The highest BCUT2D eigenvalue weighted by Crippen LogP contribution is 2.35. The van der Waals surface area contributed by atoms with Crippen molar-refractivity contribution < 1.29 is 4.79 Å². The van der Waals surface area contributed by atoms with Crippen molar-refractivity contribution in [3.8, 4) is 0 Å². The molecular formula is C15H31N3OS. The molecule has 5 heteroatoms. The van der Waals surface area contributed by atoms with E-state index in [1.165, 1.54) is 12.8 Å². The van der Waals surface area contributed by atoms with E-state index in [0.29, 0.717) is 0 Å². The van der Waals surface area contributed by atoms with Gasteiger partial charge in [0, 0.05) is 12.1 Å². The van der Waals surface area contributed by atoms with E-state index in [1.54, 1.807) is 11.8 Å². The van der Waals surface area contributed by atoms with Crippen molar-refractivity contribution >= 4 is 17.7 Å². The van der Waals surface area contributed by atoms with Crippen LogP contribution in [0.15, 0.2) is 0 Å². The smallest absolute Gasteiger partial charge is 0.237 e. The summed E-state index contributed by atoms with van der Waals surface area (Å²) in [6, 6.07) is -0.373. The summed E-state index contributed by atoms with van der Waals surface area (Å²) in [5, 5.41) is 3.09. The van der Waals surface area contributed by atoms with Gasteiger partial charge in [-0.05, 0) is 51.3 Å². The zero-order valence-corrected chi connectivity index (χ0v) is 14.3. The Morgan fingerprint density at radius 2 is 2.25 bits per heavy atom. The number of hydrogen-bond acceptors (Lipinski definition) is 4. The molecule has 0 radical (unpaired) electrons. The van der Waals surface area contributed by atoms with Gasteiger partial charge in [0.1, 0.15) is 0 Å². The van der Waals surface area contributed by atoms with Crippen molar-refractivity contribution in [1.29, 1.82) is 0 Å². The van der Waals surface area contributed by atoms with Crippen LogP contribution in [0.2, 0.25) is 0 Å². The van der Waals surface area contributed by atoms with Crippen LogP contribution in [0.1, 0.15) is 39.0 Å². The van der Waals surface area contributed by atoms with Gasteiger partial charge in [-0.3, -0.25) is 4.79 Å². The molecule has 0 aliphatic heterocycles. The monoisotopic (exact) mass is 301 g/mol. The Balaban J connectivity index is 2.52. The van der Waals surface area contributed by atoms with E-state index in [4.69, 9.17) is 5.73 Å². The molecule has 0 aromatic heterocycles. The predicted octanol–water partition coefficient (Wildman–Crippen LogP) is 1.69. The molecule has 20 heavy (non-hydrogen) atoms. The average Bonchev–Trinajstić information content (AvgIpc) is 2.41. The van der Waals surface area contributed by atoms with Crippen molar-refractivity contribution in [2.24, 2.45) is 11.7 Å². The van der Waals surface area contributed by atoms with Crippen LogP contribution in [0, 0.1) is 5.92 Å². The largest absolute Gasteiger partial charge is 0.353 e. The van der Waals surface area contributed by atoms with Crippen LogP contribution >= 0.6 is 11.8 Å². The van der Waals surface area contributed by atoms with Gasteiger partial charge in [0.05, 0.1) is 6.04 Å². The minimum atomic E-state index is -0.373. The Kier molecular flexibility index (Phi) is 7.34. The maximum absolute atomic E-state index is 12.1. The number of carbonyl (C=O) groups excluding carboxylic acids is 1. The quantitative estimate of drug-likeness (QED) is 0.751. The predicted molar refractivity (Wildman–Crippen MR) is 88.0 cm³/mol. The van der Waals surface area contributed by atoms with Crippen LogP contribution in [-0.4, -0.2) is 55.0 Å². The average molecular weight is 302 g/mol. The number of carbonyl (C=O) groups is 1. The molecule has 1 amide bonds. The van der Waals surface area contributed by atoms with Gasteiger partial charge in [0.25, 0.3) is 0 Å². The van der Waals surface area contributed by atoms with Crippen LogP contribution in [0.25, 0.3) is 0 Å². The van der Waals surface area contributed by atoms with Crippen molar-refractivity contribution in [2.75, 3.05) is 32.6 Å². The molecule has 2 unspecified atom stereocenters. The zero-order valence-electron chi connectivity index (χ0n) is 13.4. The lowest BCUT2D eigenvalue weighted by atomic mass is 9.75. The molecule has 0 bridgehead atoms. The van der Waals surface area contributed by atoms with Gasteiger partial charge in [-0.25, -0.2) is 0 Å². The van der Waals surface area contributed by atoms with Gasteiger partial charge in [-0.2, -0.15) is 11.8 Å². The minimum absolute atomic E-state index is 0.00139. The first-order chi connectivity index (χ1) is 9.41. The molecule has 0 spiro atoms. The summed E-state index contributed by atoms with van der Waals surface area (Å²) in [4.78, 5) is 14.4. The van der Waals surface area contributed by atoms with Crippen molar-refractivity contribution in [2.45, 2.75) is 50.6 Å². The van der Waals surface area contributed by atoms with Crippen molar-refractivity contribution in [3.63, 3.8) is 0 Å². The fourth-order valence-electron chi connectivity index (χ4n) is 3.12. The van der Waals surface area contributed by atoms with Crippen LogP contribution in [0.5, 0.6) is 0 Å². The summed E-state index contributed by atoms with van der Waals surface area (Å²) in [5.74, 6) is 1.66. The van der Waals surface area contributed by atoms with Crippen LogP contribution in [-0.2, 0) is 4.79 Å². The van der Waals surface area contributed by atoms with E-state index in [9.17, 15) is 4.79 Å². The Hall–Kier alpha value is -0.260. The highest BCUT2D eigenvalue weighted by Gasteiger charge is 2.37. The lowest BCUT2D eigenvalue weighted by Gasteiger charge is -2.45. The number of likely N-dealkylation sites (N-methyl/N-ethyl adjacent to an activating group) is 1. The number of rotatable bonds is 7. The molecule has 1 fully saturated rings. The second kappa shape index (κ2) is 8.25. The third kappa shape index (κ3) is 4.93. The number of nitrogens with one attached hydrogen (secondary N) is 1. The molecule has 0 heterocycles. The summed E-state index contributed by atoms with van der Waals surface area (Å²) in [5.41, 5.74) is 6.03. The second-order valence-corrected chi connectivity index (χ2v) is 7.41.